The number of anilines is 2. The molecule has 0 saturated heterocycles. The zero-order chi connectivity index (χ0) is 42.7. The van der Waals surface area contributed by atoms with Gasteiger partial charge in [-0.05, 0) is 106 Å². The number of hydrogen-bond donors (Lipinski definition) is 1. The van der Waals surface area contributed by atoms with Crippen molar-refractivity contribution in [2.75, 3.05) is 5.32 Å². The number of hydrogen-bond acceptors (Lipinski definition) is 4. The number of nitrogens with zero attached hydrogens (tertiary/aromatic N) is 1. The van der Waals surface area contributed by atoms with Gasteiger partial charge in [-0.2, -0.15) is 0 Å². The van der Waals surface area contributed by atoms with Gasteiger partial charge in [-0.15, -0.1) is 0 Å². The fourth-order valence-corrected chi connectivity index (χ4v) is 10.5. The molecule has 1 aliphatic heterocycles. The van der Waals surface area contributed by atoms with Gasteiger partial charge in [0.2, 0.25) is 0 Å². The molecule has 0 fully saturated rings. The van der Waals surface area contributed by atoms with Gasteiger partial charge >= 0.3 is 0 Å². The summed E-state index contributed by atoms with van der Waals surface area (Å²) < 4.78 is 22.4. The number of para-hydroxylation sites is 2. The summed E-state index contributed by atoms with van der Waals surface area (Å²) in [6.07, 6.45) is 0. The van der Waals surface area contributed by atoms with Crippen molar-refractivity contribution in [1.82, 2.24) is 4.57 Å². The van der Waals surface area contributed by atoms with Gasteiger partial charge < -0.3 is 23.1 Å². The number of aryl methyl sites for hydroxylation is 1. The van der Waals surface area contributed by atoms with Gasteiger partial charge in [-0.1, -0.05) is 114 Å². The molecule has 0 unspecified atom stereocenters. The first-order valence-corrected chi connectivity index (χ1v) is 22.1. The number of furan rings is 3. The van der Waals surface area contributed by atoms with E-state index in [9.17, 15) is 0 Å². The van der Waals surface area contributed by atoms with Crippen LogP contribution in [0.15, 0.2) is 147 Å². The van der Waals surface area contributed by atoms with Crippen LogP contribution in [0.4, 0.5) is 11.4 Å². The third-order valence-corrected chi connectivity index (χ3v) is 13.8. The first-order valence-electron chi connectivity index (χ1n) is 22.1. The van der Waals surface area contributed by atoms with E-state index in [0.29, 0.717) is 0 Å². The van der Waals surface area contributed by atoms with E-state index in [4.69, 9.17) is 13.3 Å². The minimum atomic E-state index is -0.00177. The molecule has 12 aromatic rings. The van der Waals surface area contributed by atoms with Gasteiger partial charge in [-0.25, -0.2) is 0 Å². The lowest BCUT2D eigenvalue weighted by Gasteiger charge is -2.25. The predicted molar refractivity (Wildman–Crippen MR) is 266 cm³/mol. The summed E-state index contributed by atoms with van der Waals surface area (Å²) in [4.78, 5) is 0. The maximum absolute atomic E-state index is 6.75. The zero-order valence-electron chi connectivity index (χ0n) is 36.6. The Morgan fingerprint density at radius 1 is 0.492 bits per heavy atom. The highest BCUT2D eigenvalue weighted by molar-refractivity contribution is 6.74. The fraction of sp³-hybridized carbons (Fsp3) is 0.158. The fourth-order valence-electron chi connectivity index (χ4n) is 10.5. The molecule has 6 heteroatoms. The van der Waals surface area contributed by atoms with Crippen LogP contribution in [0, 0.1) is 6.92 Å². The van der Waals surface area contributed by atoms with Crippen molar-refractivity contribution < 1.29 is 13.3 Å². The average molecular weight is 817 g/mol. The molecule has 0 bridgehead atoms. The van der Waals surface area contributed by atoms with E-state index in [0.717, 1.165) is 90.0 Å². The molecule has 5 nitrogen and oxygen atoms in total. The van der Waals surface area contributed by atoms with Crippen molar-refractivity contribution in [3.8, 4) is 16.8 Å². The van der Waals surface area contributed by atoms with Crippen LogP contribution in [0.2, 0.25) is 0 Å². The lowest BCUT2D eigenvalue weighted by molar-refractivity contribution is 0.587. The summed E-state index contributed by atoms with van der Waals surface area (Å²) in [7, 11) is 0.739. The zero-order valence-corrected chi connectivity index (χ0v) is 36.6. The van der Waals surface area contributed by atoms with Gasteiger partial charge in [0, 0.05) is 71.6 Å². The Kier molecular flexibility index (Phi) is 7.22. The Bertz CT molecular complexity index is 3940. The largest absolute Gasteiger partial charge is 0.456 e. The number of rotatable bonds is 3. The van der Waals surface area contributed by atoms with Crippen molar-refractivity contribution in [3.63, 3.8) is 0 Å². The number of aromatic nitrogens is 1. The molecule has 4 aromatic heterocycles. The van der Waals surface area contributed by atoms with Crippen LogP contribution < -0.4 is 16.2 Å². The number of fused-ring (bicyclic) bond motifs is 14. The van der Waals surface area contributed by atoms with Gasteiger partial charge in [0.25, 0.3) is 0 Å². The first-order chi connectivity index (χ1) is 30.4. The molecular formula is C57H45BN2O3. The van der Waals surface area contributed by atoms with Crippen LogP contribution in [0.1, 0.15) is 58.2 Å². The van der Waals surface area contributed by atoms with Crippen LogP contribution >= 0.6 is 0 Å². The third kappa shape index (κ3) is 5.30. The molecule has 0 saturated carbocycles. The highest BCUT2D eigenvalue weighted by Crippen LogP contribution is 2.45. The molecule has 0 amide bonds. The average Bonchev–Trinajstić information content (AvgIpc) is 4.01. The second kappa shape index (κ2) is 12.5. The van der Waals surface area contributed by atoms with Crippen molar-refractivity contribution in [3.05, 3.63) is 150 Å². The monoisotopic (exact) mass is 816 g/mol. The molecule has 13 rings (SSSR count). The van der Waals surface area contributed by atoms with E-state index in [1.165, 1.54) is 60.7 Å². The molecule has 8 aromatic carbocycles. The molecule has 0 radical (unpaired) electrons. The van der Waals surface area contributed by atoms with E-state index in [2.05, 4.69) is 180 Å². The van der Waals surface area contributed by atoms with Crippen LogP contribution in [-0.2, 0) is 10.8 Å². The highest BCUT2D eigenvalue weighted by Gasteiger charge is 2.30. The third-order valence-electron chi connectivity index (χ3n) is 13.8. The van der Waals surface area contributed by atoms with Gasteiger partial charge in [-0.3, -0.25) is 0 Å². The van der Waals surface area contributed by atoms with Crippen LogP contribution in [-0.4, -0.2) is 11.8 Å². The first kappa shape index (κ1) is 36.5. The predicted octanol–water partition coefficient (Wildman–Crippen LogP) is 14.5. The normalized spacial score (nSPS) is 13.1. The number of benzene rings is 8. The molecule has 304 valence electrons. The molecule has 0 aliphatic carbocycles. The van der Waals surface area contributed by atoms with E-state index in [1.54, 1.807) is 0 Å². The molecule has 1 aliphatic rings. The topological polar surface area (TPSA) is 56.4 Å². The van der Waals surface area contributed by atoms with Gasteiger partial charge in [0.05, 0.1) is 11.2 Å². The molecular weight excluding hydrogens is 771 g/mol. The van der Waals surface area contributed by atoms with Gasteiger partial charge in [0.15, 0.2) is 7.28 Å². The Morgan fingerprint density at radius 2 is 1.08 bits per heavy atom. The lowest BCUT2D eigenvalue weighted by atomic mass is 9.58. The van der Waals surface area contributed by atoms with Crippen molar-refractivity contribution in [2.45, 2.75) is 59.3 Å². The quantitative estimate of drug-likeness (QED) is 0.181. The summed E-state index contributed by atoms with van der Waals surface area (Å²) >= 11 is 0. The smallest absolute Gasteiger partial charge is 0.198 e. The second-order valence-electron chi connectivity index (χ2n) is 19.9. The van der Waals surface area contributed by atoms with E-state index < -0.39 is 0 Å². The van der Waals surface area contributed by atoms with Crippen molar-refractivity contribution >= 4 is 117 Å². The summed E-state index contributed by atoms with van der Waals surface area (Å²) in [6, 6.07) is 48.7. The second-order valence-corrected chi connectivity index (χ2v) is 19.9. The maximum atomic E-state index is 6.75. The summed E-state index contributed by atoms with van der Waals surface area (Å²) in [5.74, 6) is 0. The van der Waals surface area contributed by atoms with Crippen LogP contribution in [0.5, 0.6) is 0 Å². The van der Waals surface area contributed by atoms with E-state index >= 15 is 0 Å². The Morgan fingerprint density at radius 3 is 1.79 bits per heavy atom. The molecule has 0 atom stereocenters. The van der Waals surface area contributed by atoms with E-state index in [-0.39, 0.29) is 10.8 Å². The lowest BCUT2D eigenvalue weighted by Crippen LogP contribution is -2.37. The Balaban J connectivity index is 1.12. The van der Waals surface area contributed by atoms with Crippen molar-refractivity contribution in [1.29, 1.82) is 0 Å². The van der Waals surface area contributed by atoms with Crippen molar-refractivity contribution in [2.24, 2.45) is 0 Å². The molecule has 63 heavy (non-hydrogen) atoms. The molecule has 0 spiro atoms. The SMILES string of the molecule is Cc1cc(-c2cc3c(cc2Nc2ccc(C(C)(C)C)cc2)oc2cc(C(C)(C)C)ccc23)c2c3c1c1cc4oc5ccccc5c4cc1n3-c1cc3c(cc1B2)oc1ccccc13. The summed E-state index contributed by atoms with van der Waals surface area (Å²) in [5.41, 5.74) is 19.7. The van der Waals surface area contributed by atoms with Crippen LogP contribution in [0.3, 0.4) is 0 Å². The number of nitrogens with one attached hydrogen (secondary N) is 1. The van der Waals surface area contributed by atoms with E-state index in [1.807, 2.05) is 12.1 Å². The molecule has 5 heterocycles. The molecule has 1 N–H and O–H groups in total. The minimum absolute atomic E-state index is 0.00177. The Labute approximate surface area is 365 Å². The summed E-state index contributed by atoms with van der Waals surface area (Å²) in [5, 5.41) is 13.1. The van der Waals surface area contributed by atoms with Crippen LogP contribution in [0.25, 0.3) is 104 Å². The highest BCUT2D eigenvalue weighted by atomic mass is 16.3. The van der Waals surface area contributed by atoms with Gasteiger partial charge in [0.1, 0.15) is 33.5 Å². The standard InChI is InChI=1S/C57H45BN2O3/c1-30-22-41(37-24-38-36-21-18-32(57(5,6)7)23-49(36)63-52(38)29-44(37)59-33-19-16-31(17-20-33)56(2,3)4)54-55-53(30)42-27-50-39(34-12-8-10-14-47(34)61-50)25-45(42)60(55)46-26-40-35-13-9-11-15-48(35)62-51(40)28-43(46)58-54/h8-29,58-59H,1-7H3. The Hall–Kier alpha value is -7.18. The minimum Gasteiger partial charge on any atom is -0.456 e. The maximum Gasteiger partial charge on any atom is 0.198 e. The summed E-state index contributed by atoms with van der Waals surface area (Å²) in [6.45, 7) is 15.8.